The van der Waals surface area contributed by atoms with Gasteiger partial charge in [-0.1, -0.05) is 30.3 Å². The van der Waals surface area contributed by atoms with Gasteiger partial charge in [0.15, 0.2) is 0 Å². The molecule has 7 heteroatoms. The van der Waals surface area contributed by atoms with E-state index in [4.69, 9.17) is 0 Å². The van der Waals surface area contributed by atoms with E-state index in [-0.39, 0.29) is 18.6 Å². The zero-order chi connectivity index (χ0) is 16.0. The number of nitrogens with zero attached hydrogens (tertiary/aromatic N) is 2. The maximum absolute atomic E-state index is 11.8. The van der Waals surface area contributed by atoms with Crippen LogP contribution in [-0.2, 0) is 16.6 Å². The Morgan fingerprint density at radius 1 is 1.18 bits per heavy atom. The Hall–Kier alpha value is -2.25. The second-order valence-electron chi connectivity index (χ2n) is 4.69. The van der Waals surface area contributed by atoms with Crippen molar-refractivity contribution in [2.24, 2.45) is 0 Å². The zero-order valence-corrected chi connectivity index (χ0v) is 13.0. The fraction of sp³-hybridized carbons (Fsp3) is 0.200. The minimum absolute atomic E-state index is 0.0951. The van der Waals surface area contributed by atoms with Crippen LogP contribution in [0.1, 0.15) is 11.3 Å². The van der Waals surface area contributed by atoms with Crippen LogP contribution in [0.2, 0.25) is 0 Å². The molecule has 0 fully saturated rings. The molecule has 0 unspecified atom stereocenters. The van der Waals surface area contributed by atoms with Crippen molar-refractivity contribution in [3.63, 3.8) is 0 Å². The van der Waals surface area contributed by atoms with E-state index in [0.717, 1.165) is 11.0 Å². The molecule has 0 bridgehead atoms. The fourth-order valence-corrected chi connectivity index (χ4v) is 2.59. The average molecular weight is 319 g/mol. The Labute approximate surface area is 129 Å². The van der Waals surface area contributed by atoms with E-state index >= 15 is 0 Å². The molecule has 1 aromatic heterocycles. The summed E-state index contributed by atoms with van der Waals surface area (Å²) in [4.78, 5) is 11.5. The van der Waals surface area contributed by atoms with Crippen molar-refractivity contribution < 1.29 is 8.42 Å². The smallest absolute Gasteiger partial charge is 0.266 e. The number of benzene rings is 1. The first-order chi connectivity index (χ1) is 10.5. The molecule has 0 amide bonds. The fourth-order valence-electron chi connectivity index (χ4n) is 1.79. The Balaban J connectivity index is 1.94. The average Bonchev–Trinajstić information content (AvgIpc) is 2.50. The van der Waals surface area contributed by atoms with Gasteiger partial charge in [0, 0.05) is 18.0 Å². The molecule has 0 aliphatic heterocycles. The minimum atomic E-state index is -3.55. The van der Waals surface area contributed by atoms with Gasteiger partial charge in [0.1, 0.15) is 0 Å². The van der Waals surface area contributed by atoms with E-state index in [2.05, 4.69) is 9.82 Å². The molecule has 1 heterocycles. The van der Waals surface area contributed by atoms with Crippen LogP contribution >= 0.6 is 0 Å². The van der Waals surface area contributed by atoms with Crippen molar-refractivity contribution in [3.8, 4) is 0 Å². The van der Waals surface area contributed by atoms with Gasteiger partial charge in [0.2, 0.25) is 10.0 Å². The van der Waals surface area contributed by atoms with Gasteiger partial charge in [0.25, 0.3) is 5.56 Å². The maximum atomic E-state index is 11.8. The molecule has 2 aromatic rings. The van der Waals surface area contributed by atoms with Gasteiger partial charge in [-0.05, 0) is 24.6 Å². The van der Waals surface area contributed by atoms with E-state index in [1.54, 1.807) is 13.0 Å². The second-order valence-corrected chi connectivity index (χ2v) is 6.34. The topological polar surface area (TPSA) is 81.1 Å². The third-order valence-electron chi connectivity index (χ3n) is 2.87. The molecule has 0 aliphatic rings. The SMILES string of the molecule is Cc1ccc(=O)n(CCNS(=O)(=O)/C=C/c2ccccc2)n1. The molecular weight excluding hydrogens is 302 g/mol. The molecule has 1 N–H and O–H groups in total. The van der Waals surface area contributed by atoms with Crippen LogP contribution in [0.25, 0.3) is 6.08 Å². The van der Waals surface area contributed by atoms with Gasteiger partial charge in [-0.25, -0.2) is 17.8 Å². The largest absolute Gasteiger partial charge is 0.268 e. The molecular formula is C15H17N3O3S. The number of rotatable bonds is 6. The summed E-state index contributed by atoms with van der Waals surface area (Å²) < 4.78 is 27.3. The van der Waals surface area contributed by atoms with Crippen molar-refractivity contribution in [2.45, 2.75) is 13.5 Å². The predicted molar refractivity (Wildman–Crippen MR) is 85.6 cm³/mol. The summed E-state index contributed by atoms with van der Waals surface area (Å²) in [6.45, 7) is 2.04. The Bertz CT molecular complexity index is 811. The molecule has 0 aliphatic carbocycles. The summed E-state index contributed by atoms with van der Waals surface area (Å²) in [6.07, 6.45) is 1.51. The quantitative estimate of drug-likeness (QED) is 0.866. The highest BCUT2D eigenvalue weighted by Crippen LogP contribution is 2.02. The highest BCUT2D eigenvalue weighted by atomic mass is 32.2. The number of sulfonamides is 1. The van der Waals surface area contributed by atoms with E-state index in [9.17, 15) is 13.2 Å². The van der Waals surface area contributed by atoms with Crippen LogP contribution in [0.3, 0.4) is 0 Å². The number of nitrogens with one attached hydrogen (secondary N) is 1. The van der Waals surface area contributed by atoms with Gasteiger partial charge in [0.05, 0.1) is 12.2 Å². The highest BCUT2D eigenvalue weighted by Gasteiger charge is 2.05. The summed E-state index contributed by atoms with van der Waals surface area (Å²) in [7, 11) is -3.55. The van der Waals surface area contributed by atoms with Crippen molar-refractivity contribution in [2.75, 3.05) is 6.54 Å². The lowest BCUT2D eigenvalue weighted by Crippen LogP contribution is -2.31. The lowest BCUT2D eigenvalue weighted by Gasteiger charge is -2.05. The molecule has 22 heavy (non-hydrogen) atoms. The molecule has 116 valence electrons. The van der Waals surface area contributed by atoms with Crippen molar-refractivity contribution in [1.29, 1.82) is 0 Å². The van der Waals surface area contributed by atoms with Crippen LogP contribution in [0.15, 0.2) is 52.7 Å². The van der Waals surface area contributed by atoms with Gasteiger partial charge in [-0.3, -0.25) is 4.79 Å². The van der Waals surface area contributed by atoms with Crippen molar-refractivity contribution in [1.82, 2.24) is 14.5 Å². The number of hydrogen-bond donors (Lipinski definition) is 1. The Morgan fingerprint density at radius 2 is 1.91 bits per heavy atom. The normalized spacial score (nSPS) is 11.9. The Kier molecular flexibility index (Phi) is 5.24. The minimum Gasteiger partial charge on any atom is -0.268 e. The predicted octanol–water partition coefficient (Wildman–Crippen LogP) is 1.14. The number of aryl methyl sites for hydroxylation is 1. The molecule has 2 rings (SSSR count). The highest BCUT2D eigenvalue weighted by molar-refractivity contribution is 7.92. The summed E-state index contributed by atoms with van der Waals surface area (Å²) >= 11 is 0. The molecule has 0 atom stereocenters. The second kappa shape index (κ2) is 7.15. The van der Waals surface area contributed by atoms with Crippen molar-refractivity contribution >= 4 is 16.1 Å². The number of hydrogen-bond acceptors (Lipinski definition) is 4. The van der Waals surface area contributed by atoms with Gasteiger partial charge in [-0.2, -0.15) is 5.10 Å². The van der Waals surface area contributed by atoms with Crippen LogP contribution in [0.5, 0.6) is 0 Å². The first-order valence-corrected chi connectivity index (χ1v) is 8.28. The summed E-state index contributed by atoms with van der Waals surface area (Å²) in [5.41, 5.74) is 1.24. The van der Waals surface area contributed by atoms with E-state index < -0.39 is 10.0 Å². The lowest BCUT2D eigenvalue weighted by molar-refractivity contribution is 0.548. The zero-order valence-electron chi connectivity index (χ0n) is 12.1. The van der Waals surface area contributed by atoms with Crippen LogP contribution in [0, 0.1) is 6.92 Å². The molecule has 1 aromatic carbocycles. The van der Waals surface area contributed by atoms with Gasteiger partial charge in [-0.15, -0.1) is 0 Å². The van der Waals surface area contributed by atoms with Crippen molar-refractivity contribution in [3.05, 3.63) is 69.5 Å². The van der Waals surface area contributed by atoms with Crippen LogP contribution < -0.4 is 10.3 Å². The third kappa shape index (κ3) is 4.94. The van der Waals surface area contributed by atoms with E-state index in [1.807, 2.05) is 30.3 Å². The lowest BCUT2D eigenvalue weighted by atomic mass is 10.2. The van der Waals surface area contributed by atoms with Gasteiger partial charge >= 0.3 is 0 Å². The van der Waals surface area contributed by atoms with Crippen LogP contribution in [-0.4, -0.2) is 24.7 Å². The third-order valence-corrected chi connectivity index (χ3v) is 3.97. The monoisotopic (exact) mass is 319 g/mol. The molecule has 0 saturated carbocycles. The first-order valence-electron chi connectivity index (χ1n) is 6.74. The molecule has 0 saturated heterocycles. The standard InChI is InChI=1S/C15H17N3O3S/c1-13-7-8-15(19)18(17-13)11-10-16-22(20,21)12-9-14-5-3-2-4-6-14/h2-9,12,16H,10-11H2,1H3/b12-9+. The van der Waals surface area contributed by atoms with Crippen LogP contribution in [0.4, 0.5) is 0 Å². The molecule has 0 radical (unpaired) electrons. The number of aromatic nitrogens is 2. The van der Waals surface area contributed by atoms with E-state index in [1.165, 1.54) is 16.8 Å². The molecule has 6 nitrogen and oxygen atoms in total. The maximum Gasteiger partial charge on any atom is 0.266 e. The molecule has 0 spiro atoms. The Morgan fingerprint density at radius 3 is 2.64 bits per heavy atom. The summed E-state index contributed by atoms with van der Waals surface area (Å²) in [5.74, 6) is 0. The summed E-state index contributed by atoms with van der Waals surface area (Å²) in [5, 5.41) is 5.14. The first kappa shape index (κ1) is 16.1. The van der Waals surface area contributed by atoms with E-state index in [0.29, 0.717) is 5.69 Å². The van der Waals surface area contributed by atoms with Gasteiger partial charge < -0.3 is 0 Å². The summed E-state index contributed by atoms with van der Waals surface area (Å²) in [6, 6.07) is 12.2.